The maximum absolute atomic E-state index is 9.93. The highest BCUT2D eigenvalue weighted by atomic mass is 16.3. The maximum atomic E-state index is 9.93. The van der Waals surface area contributed by atoms with Crippen molar-refractivity contribution in [3.63, 3.8) is 0 Å². The first kappa shape index (κ1) is 11.5. The van der Waals surface area contributed by atoms with E-state index in [0.29, 0.717) is 0 Å². The summed E-state index contributed by atoms with van der Waals surface area (Å²) >= 11 is 0. The first-order chi connectivity index (χ1) is 7.86. The van der Waals surface area contributed by atoms with Gasteiger partial charge in [0.2, 0.25) is 0 Å². The Morgan fingerprint density at radius 3 is 2.75 bits per heavy atom. The molecule has 16 heavy (non-hydrogen) atoms. The predicted octanol–water partition coefficient (Wildman–Crippen LogP) is 1.26. The summed E-state index contributed by atoms with van der Waals surface area (Å²) in [6, 6.07) is 0.225. The van der Waals surface area contributed by atoms with E-state index in [0.717, 1.165) is 31.4 Å². The molecule has 0 aliphatic heterocycles. The van der Waals surface area contributed by atoms with Crippen LogP contribution >= 0.6 is 0 Å². The average molecular weight is 221 g/mol. The summed E-state index contributed by atoms with van der Waals surface area (Å²) in [7, 11) is 0. The summed E-state index contributed by atoms with van der Waals surface area (Å²) in [6.45, 7) is 0.739. The van der Waals surface area contributed by atoms with Crippen LogP contribution < -0.4 is 5.32 Å². The fraction of sp³-hybridized carbons (Fsp3) is 0.667. The molecule has 1 aromatic rings. The second-order valence-electron chi connectivity index (χ2n) is 4.44. The minimum absolute atomic E-state index is 0.202. The van der Waals surface area contributed by atoms with E-state index in [1.54, 1.807) is 0 Å². The number of aliphatic hydroxyl groups is 1. The van der Waals surface area contributed by atoms with Crippen molar-refractivity contribution in [1.82, 2.24) is 15.3 Å². The lowest BCUT2D eigenvalue weighted by Crippen LogP contribution is -2.38. The zero-order chi connectivity index (χ0) is 11.2. The first-order valence-corrected chi connectivity index (χ1v) is 6.01. The molecule has 0 bridgehead atoms. The number of nitrogens with one attached hydrogen (secondary N) is 1. The molecule has 2 N–H and O–H groups in total. The van der Waals surface area contributed by atoms with Crippen LogP contribution in [0.15, 0.2) is 18.7 Å². The van der Waals surface area contributed by atoms with Crippen molar-refractivity contribution in [3.8, 4) is 0 Å². The molecule has 0 amide bonds. The van der Waals surface area contributed by atoms with Gasteiger partial charge in [-0.3, -0.25) is 0 Å². The first-order valence-electron chi connectivity index (χ1n) is 6.01. The number of rotatable bonds is 3. The summed E-state index contributed by atoms with van der Waals surface area (Å²) in [5, 5.41) is 13.3. The van der Waals surface area contributed by atoms with Gasteiger partial charge in [-0.15, -0.1) is 0 Å². The SMILES string of the molecule is OC1CCCCCC1NCc1cncnc1. The predicted molar refractivity (Wildman–Crippen MR) is 61.8 cm³/mol. The molecule has 1 saturated carbocycles. The van der Waals surface area contributed by atoms with Crippen LogP contribution in [-0.4, -0.2) is 27.2 Å². The number of hydrogen-bond acceptors (Lipinski definition) is 4. The van der Waals surface area contributed by atoms with E-state index in [9.17, 15) is 5.11 Å². The quantitative estimate of drug-likeness (QED) is 0.754. The Hall–Kier alpha value is -1.00. The van der Waals surface area contributed by atoms with Crippen LogP contribution in [0, 0.1) is 0 Å². The lowest BCUT2D eigenvalue weighted by Gasteiger charge is -2.21. The molecule has 2 atom stereocenters. The fourth-order valence-corrected chi connectivity index (χ4v) is 2.20. The molecule has 88 valence electrons. The van der Waals surface area contributed by atoms with Crippen LogP contribution in [0.1, 0.15) is 37.7 Å². The monoisotopic (exact) mass is 221 g/mol. The molecule has 0 saturated heterocycles. The van der Waals surface area contributed by atoms with E-state index in [1.165, 1.54) is 19.2 Å². The minimum atomic E-state index is -0.202. The normalized spacial score (nSPS) is 26.3. The topological polar surface area (TPSA) is 58.0 Å². The maximum Gasteiger partial charge on any atom is 0.115 e. The summed E-state index contributed by atoms with van der Waals surface area (Å²) in [5.74, 6) is 0. The van der Waals surface area contributed by atoms with Crippen LogP contribution in [0.4, 0.5) is 0 Å². The molecule has 1 fully saturated rings. The summed E-state index contributed by atoms with van der Waals surface area (Å²) in [4.78, 5) is 7.94. The molecular weight excluding hydrogens is 202 g/mol. The van der Waals surface area contributed by atoms with Crippen LogP contribution in [0.3, 0.4) is 0 Å². The van der Waals surface area contributed by atoms with Crippen molar-refractivity contribution in [2.75, 3.05) is 0 Å². The standard InChI is InChI=1S/C12H19N3O/c16-12-5-3-1-2-4-11(12)15-8-10-6-13-9-14-7-10/h6-7,9,11-12,15-16H,1-5,8H2. The molecule has 2 rings (SSSR count). The van der Waals surface area contributed by atoms with Crippen LogP contribution in [0.5, 0.6) is 0 Å². The fourth-order valence-electron chi connectivity index (χ4n) is 2.20. The van der Waals surface area contributed by atoms with Gasteiger partial charge in [-0.2, -0.15) is 0 Å². The minimum Gasteiger partial charge on any atom is -0.392 e. The van der Waals surface area contributed by atoms with E-state index < -0.39 is 0 Å². The molecular formula is C12H19N3O. The third-order valence-corrected chi connectivity index (χ3v) is 3.16. The Labute approximate surface area is 96.1 Å². The van der Waals surface area contributed by atoms with Gasteiger partial charge < -0.3 is 10.4 Å². The smallest absolute Gasteiger partial charge is 0.115 e. The molecule has 4 nitrogen and oxygen atoms in total. The number of aliphatic hydroxyl groups excluding tert-OH is 1. The van der Waals surface area contributed by atoms with Crippen LogP contribution in [-0.2, 0) is 6.54 Å². The van der Waals surface area contributed by atoms with E-state index in [4.69, 9.17) is 0 Å². The Kier molecular flexibility index (Phi) is 4.25. The average Bonchev–Trinajstić information content (AvgIpc) is 2.53. The Morgan fingerprint density at radius 2 is 1.94 bits per heavy atom. The second-order valence-corrected chi connectivity index (χ2v) is 4.44. The van der Waals surface area contributed by atoms with E-state index >= 15 is 0 Å². The van der Waals surface area contributed by atoms with Gasteiger partial charge in [-0.1, -0.05) is 19.3 Å². The molecule has 1 aliphatic rings. The second kappa shape index (κ2) is 5.92. The van der Waals surface area contributed by atoms with Gasteiger partial charge in [0, 0.05) is 30.5 Å². The zero-order valence-electron chi connectivity index (χ0n) is 9.47. The van der Waals surface area contributed by atoms with Crippen molar-refractivity contribution >= 4 is 0 Å². The molecule has 0 radical (unpaired) electrons. The summed E-state index contributed by atoms with van der Waals surface area (Å²) in [6.07, 6.45) is 10.5. The van der Waals surface area contributed by atoms with Gasteiger partial charge in [0.15, 0.2) is 0 Å². The Balaban J connectivity index is 1.84. The largest absolute Gasteiger partial charge is 0.392 e. The number of hydrogen-bond donors (Lipinski definition) is 2. The third-order valence-electron chi connectivity index (χ3n) is 3.16. The lowest BCUT2D eigenvalue weighted by atomic mass is 10.1. The van der Waals surface area contributed by atoms with E-state index in [-0.39, 0.29) is 12.1 Å². The van der Waals surface area contributed by atoms with Crippen molar-refractivity contribution in [1.29, 1.82) is 0 Å². The lowest BCUT2D eigenvalue weighted by molar-refractivity contribution is 0.119. The molecule has 4 heteroatoms. The molecule has 1 aromatic heterocycles. The third kappa shape index (κ3) is 3.25. The van der Waals surface area contributed by atoms with Crippen LogP contribution in [0.2, 0.25) is 0 Å². The highest BCUT2D eigenvalue weighted by molar-refractivity contribution is 5.02. The van der Waals surface area contributed by atoms with Crippen molar-refractivity contribution in [2.45, 2.75) is 50.8 Å². The highest BCUT2D eigenvalue weighted by Crippen LogP contribution is 2.18. The highest BCUT2D eigenvalue weighted by Gasteiger charge is 2.20. The van der Waals surface area contributed by atoms with E-state index in [2.05, 4.69) is 15.3 Å². The van der Waals surface area contributed by atoms with Gasteiger partial charge in [-0.05, 0) is 12.8 Å². The van der Waals surface area contributed by atoms with Gasteiger partial charge in [-0.25, -0.2) is 9.97 Å². The molecule has 2 unspecified atom stereocenters. The van der Waals surface area contributed by atoms with Gasteiger partial charge in [0.1, 0.15) is 6.33 Å². The van der Waals surface area contributed by atoms with Crippen molar-refractivity contribution in [3.05, 3.63) is 24.3 Å². The Bertz CT molecular complexity index is 304. The van der Waals surface area contributed by atoms with Crippen molar-refractivity contribution in [2.24, 2.45) is 0 Å². The number of nitrogens with zero attached hydrogens (tertiary/aromatic N) is 2. The summed E-state index contributed by atoms with van der Waals surface area (Å²) in [5.41, 5.74) is 1.07. The molecule has 1 heterocycles. The Morgan fingerprint density at radius 1 is 1.19 bits per heavy atom. The molecule has 0 spiro atoms. The summed E-state index contributed by atoms with van der Waals surface area (Å²) < 4.78 is 0. The molecule has 1 aliphatic carbocycles. The number of aromatic nitrogens is 2. The zero-order valence-corrected chi connectivity index (χ0v) is 9.47. The van der Waals surface area contributed by atoms with Gasteiger partial charge >= 0.3 is 0 Å². The van der Waals surface area contributed by atoms with Gasteiger partial charge in [0.25, 0.3) is 0 Å². The van der Waals surface area contributed by atoms with Crippen LogP contribution in [0.25, 0.3) is 0 Å². The van der Waals surface area contributed by atoms with Gasteiger partial charge in [0.05, 0.1) is 6.10 Å². The molecule has 0 aromatic carbocycles. The van der Waals surface area contributed by atoms with E-state index in [1.807, 2.05) is 12.4 Å². The van der Waals surface area contributed by atoms with Crippen molar-refractivity contribution < 1.29 is 5.11 Å².